The first-order valence-corrected chi connectivity index (χ1v) is 3.40. The van der Waals surface area contributed by atoms with Crippen molar-refractivity contribution in [2.24, 2.45) is 10.9 Å². The molecule has 0 amide bonds. The highest BCUT2D eigenvalue weighted by atomic mass is 35.5. The third-order valence-electron chi connectivity index (χ3n) is 1.29. The maximum Gasteiger partial charge on any atom is 0.357 e. The van der Waals surface area contributed by atoms with Crippen molar-refractivity contribution in [1.29, 1.82) is 0 Å². The summed E-state index contributed by atoms with van der Waals surface area (Å²) in [6.45, 7) is 0. The van der Waals surface area contributed by atoms with Crippen molar-refractivity contribution in [2.75, 3.05) is 0 Å². The highest BCUT2D eigenvalue weighted by molar-refractivity contribution is 6.33. The molecule has 0 bridgehead atoms. The minimum Gasteiger partial charge on any atom is -0.476 e. The van der Waals surface area contributed by atoms with Gasteiger partial charge in [-0.1, -0.05) is 16.8 Å². The van der Waals surface area contributed by atoms with Crippen molar-refractivity contribution in [3.63, 3.8) is 0 Å². The van der Waals surface area contributed by atoms with Crippen molar-refractivity contribution >= 4 is 23.4 Å². The second kappa shape index (κ2) is 3.31. The zero-order chi connectivity index (χ0) is 10.0. The normalized spacial score (nSPS) is 11.6. The molecule has 0 aliphatic heterocycles. The Morgan fingerprint density at radius 1 is 1.69 bits per heavy atom. The van der Waals surface area contributed by atoms with Gasteiger partial charge in [-0.15, -0.1) is 0 Å². The summed E-state index contributed by atoms with van der Waals surface area (Å²) in [5.74, 6) is -1.72. The molecule has 1 aromatic rings. The number of aromatic amines is 1. The quantitative estimate of drug-likeness (QED) is 0.231. The third-order valence-corrected chi connectivity index (χ3v) is 1.56. The molecule has 7 nitrogen and oxygen atoms in total. The van der Waals surface area contributed by atoms with Crippen molar-refractivity contribution in [2.45, 2.75) is 0 Å². The minimum absolute atomic E-state index is 0.0901. The number of nitrogens with one attached hydrogen (secondary N) is 1. The molecule has 0 unspecified atom stereocenters. The number of halogens is 1. The van der Waals surface area contributed by atoms with E-state index in [2.05, 4.69) is 15.4 Å². The maximum absolute atomic E-state index is 10.5. The van der Waals surface area contributed by atoms with E-state index in [1.807, 2.05) is 0 Å². The van der Waals surface area contributed by atoms with E-state index in [-0.39, 0.29) is 16.4 Å². The zero-order valence-electron chi connectivity index (χ0n) is 6.15. The summed E-state index contributed by atoms with van der Waals surface area (Å²) in [5, 5.41) is 25.0. The summed E-state index contributed by atoms with van der Waals surface area (Å²) in [5.41, 5.74) is 4.65. The average molecular weight is 205 g/mol. The Morgan fingerprint density at radius 2 is 2.31 bits per heavy atom. The van der Waals surface area contributed by atoms with Gasteiger partial charge in [0.1, 0.15) is 5.15 Å². The number of hydrogen-bond donors (Lipinski definition) is 4. The van der Waals surface area contributed by atoms with Gasteiger partial charge >= 0.3 is 5.97 Å². The van der Waals surface area contributed by atoms with Crippen molar-refractivity contribution in [3.05, 3.63) is 16.4 Å². The Labute approximate surface area is 76.8 Å². The fraction of sp³-hybridized carbons (Fsp3) is 0. The van der Waals surface area contributed by atoms with E-state index in [1.54, 1.807) is 0 Å². The first-order valence-electron chi connectivity index (χ1n) is 3.03. The van der Waals surface area contributed by atoms with E-state index < -0.39 is 11.8 Å². The van der Waals surface area contributed by atoms with Crippen molar-refractivity contribution in [3.8, 4) is 0 Å². The van der Waals surface area contributed by atoms with Crippen LogP contribution in [0.25, 0.3) is 0 Å². The van der Waals surface area contributed by atoms with Gasteiger partial charge in [0.05, 0.1) is 5.56 Å². The number of carboxylic acids is 1. The molecule has 13 heavy (non-hydrogen) atoms. The highest BCUT2D eigenvalue weighted by Crippen LogP contribution is 2.15. The van der Waals surface area contributed by atoms with E-state index in [9.17, 15) is 4.79 Å². The largest absolute Gasteiger partial charge is 0.476 e. The molecule has 0 fully saturated rings. The summed E-state index contributed by atoms with van der Waals surface area (Å²) in [6, 6.07) is 0. The van der Waals surface area contributed by atoms with Gasteiger partial charge in [0.2, 0.25) is 0 Å². The lowest BCUT2D eigenvalue weighted by atomic mass is 10.2. The Morgan fingerprint density at radius 3 is 2.77 bits per heavy atom. The Balaban J connectivity index is 3.32. The van der Waals surface area contributed by atoms with E-state index in [4.69, 9.17) is 27.6 Å². The molecule has 0 spiro atoms. The molecule has 1 heterocycles. The van der Waals surface area contributed by atoms with Gasteiger partial charge in [-0.25, -0.2) is 4.79 Å². The molecule has 8 heteroatoms. The number of nitrogens with two attached hydrogens (primary N) is 1. The number of carbonyl (C=O) groups is 1. The van der Waals surface area contributed by atoms with Crippen LogP contribution in [-0.4, -0.2) is 32.3 Å². The predicted octanol–water partition coefficient (Wildman–Crippen LogP) is -0.144. The van der Waals surface area contributed by atoms with Crippen LogP contribution in [-0.2, 0) is 0 Å². The lowest BCUT2D eigenvalue weighted by molar-refractivity contribution is 0.0690. The van der Waals surface area contributed by atoms with Crippen LogP contribution in [0.15, 0.2) is 5.16 Å². The number of nitrogens with zero attached hydrogens (tertiary/aromatic N) is 2. The van der Waals surface area contributed by atoms with Crippen molar-refractivity contribution < 1.29 is 15.1 Å². The van der Waals surface area contributed by atoms with Gasteiger partial charge in [-0.3, -0.25) is 5.10 Å². The van der Waals surface area contributed by atoms with Crippen LogP contribution in [0.4, 0.5) is 0 Å². The number of carboxylic acid groups (broad SMARTS) is 1. The van der Waals surface area contributed by atoms with Crippen LogP contribution in [0.5, 0.6) is 0 Å². The fourth-order valence-corrected chi connectivity index (χ4v) is 0.988. The number of oxime groups is 1. The summed E-state index contributed by atoms with van der Waals surface area (Å²) < 4.78 is 0. The SMILES string of the molecule is N/C(=N/O)c1c(C(=O)O)n[nH]c1Cl. The van der Waals surface area contributed by atoms with Crippen LogP contribution in [0.1, 0.15) is 16.1 Å². The Kier molecular flexibility index (Phi) is 2.38. The summed E-state index contributed by atoms with van der Waals surface area (Å²) in [4.78, 5) is 10.5. The second-order valence-corrected chi connectivity index (χ2v) is 2.43. The van der Waals surface area contributed by atoms with E-state index in [1.165, 1.54) is 0 Å². The third kappa shape index (κ3) is 1.54. The number of hydrogen-bond acceptors (Lipinski definition) is 4. The van der Waals surface area contributed by atoms with E-state index in [0.29, 0.717) is 0 Å². The number of rotatable bonds is 2. The minimum atomic E-state index is -1.32. The van der Waals surface area contributed by atoms with Crippen LogP contribution >= 0.6 is 11.6 Å². The van der Waals surface area contributed by atoms with Gasteiger partial charge in [-0.05, 0) is 0 Å². The molecule has 1 aromatic heterocycles. The van der Waals surface area contributed by atoms with Crippen LogP contribution in [0.3, 0.4) is 0 Å². The average Bonchev–Trinajstić information content (AvgIpc) is 2.46. The van der Waals surface area contributed by atoms with Crippen LogP contribution in [0, 0.1) is 0 Å². The molecule has 0 saturated carbocycles. The molecular weight excluding hydrogens is 200 g/mol. The van der Waals surface area contributed by atoms with Crippen LogP contribution < -0.4 is 5.73 Å². The molecule has 0 aliphatic carbocycles. The van der Waals surface area contributed by atoms with Crippen molar-refractivity contribution in [1.82, 2.24) is 10.2 Å². The molecule has 1 rings (SSSR count). The fourth-order valence-electron chi connectivity index (χ4n) is 0.759. The number of aromatic nitrogens is 2. The maximum atomic E-state index is 10.5. The molecule has 0 atom stereocenters. The molecule has 70 valence electrons. The second-order valence-electron chi connectivity index (χ2n) is 2.05. The zero-order valence-corrected chi connectivity index (χ0v) is 6.91. The van der Waals surface area contributed by atoms with Gasteiger partial charge in [0.15, 0.2) is 11.5 Å². The smallest absolute Gasteiger partial charge is 0.357 e. The summed E-state index contributed by atoms with van der Waals surface area (Å²) in [7, 11) is 0. The lowest BCUT2D eigenvalue weighted by Crippen LogP contribution is -2.17. The molecule has 0 radical (unpaired) electrons. The molecule has 0 aliphatic rings. The van der Waals surface area contributed by atoms with Gasteiger partial charge in [0.25, 0.3) is 0 Å². The van der Waals surface area contributed by atoms with Crippen LogP contribution in [0.2, 0.25) is 5.15 Å². The first kappa shape index (κ1) is 9.33. The number of aromatic carboxylic acids is 1. The summed E-state index contributed by atoms with van der Waals surface area (Å²) >= 11 is 5.51. The topological polar surface area (TPSA) is 125 Å². The Bertz CT molecular complexity index is 372. The first-order chi connectivity index (χ1) is 6.07. The van der Waals surface area contributed by atoms with E-state index in [0.717, 1.165) is 0 Å². The van der Waals surface area contributed by atoms with E-state index >= 15 is 0 Å². The molecule has 0 aromatic carbocycles. The monoisotopic (exact) mass is 204 g/mol. The molecule has 0 saturated heterocycles. The van der Waals surface area contributed by atoms with Gasteiger partial charge in [-0.2, -0.15) is 5.10 Å². The molecular formula is C5H5ClN4O3. The predicted molar refractivity (Wildman–Crippen MR) is 43.1 cm³/mol. The Hall–Kier alpha value is -1.76. The lowest BCUT2D eigenvalue weighted by Gasteiger charge is -1.95. The highest BCUT2D eigenvalue weighted by Gasteiger charge is 2.20. The number of H-pyrrole nitrogens is 1. The van der Waals surface area contributed by atoms with Gasteiger partial charge < -0.3 is 16.0 Å². The number of amidine groups is 1. The summed E-state index contributed by atoms with van der Waals surface area (Å²) in [6.07, 6.45) is 0. The van der Waals surface area contributed by atoms with Gasteiger partial charge in [0, 0.05) is 0 Å². The molecule has 5 N–H and O–H groups in total. The standard InChI is InChI=1S/C5H5ClN4O3/c6-3-1(4(7)10-13)2(5(11)12)8-9-3/h13H,(H2,7,10)(H,8,9)(H,11,12).